The van der Waals surface area contributed by atoms with Gasteiger partial charge in [-0.2, -0.15) is 0 Å². The van der Waals surface area contributed by atoms with Crippen molar-refractivity contribution in [1.82, 2.24) is 9.80 Å². The van der Waals surface area contributed by atoms with Crippen LogP contribution in [0.25, 0.3) is 0 Å². The quantitative estimate of drug-likeness (QED) is 0.769. The fourth-order valence-corrected chi connectivity index (χ4v) is 5.13. The van der Waals surface area contributed by atoms with Crippen LogP contribution in [0.3, 0.4) is 0 Å². The summed E-state index contributed by atoms with van der Waals surface area (Å²) in [6.07, 6.45) is 2.54. The van der Waals surface area contributed by atoms with E-state index in [2.05, 4.69) is 0 Å². The van der Waals surface area contributed by atoms with Crippen LogP contribution >= 0.6 is 0 Å². The molecular weight excluding hydrogens is 410 g/mol. The third kappa shape index (κ3) is 4.23. The van der Waals surface area contributed by atoms with Crippen LogP contribution < -0.4 is 10.5 Å². The Kier molecular flexibility index (Phi) is 5.97. The number of rotatable bonds is 3. The lowest BCUT2D eigenvalue weighted by Crippen LogP contribution is -2.52. The second-order valence-corrected chi connectivity index (χ2v) is 9.40. The maximum Gasteiger partial charge on any atom is 0.245 e. The molecule has 0 aromatic heterocycles. The van der Waals surface area contributed by atoms with Crippen LogP contribution in [0.4, 0.5) is 0 Å². The van der Waals surface area contributed by atoms with Gasteiger partial charge >= 0.3 is 0 Å². The lowest BCUT2D eigenvalue weighted by molar-refractivity contribution is -0.146. The molecule has 1 aromatic carbocycles. The number of ether oxygens (including phenoxy) is 1. The van der Waals surface area contributed by atoms with Crippen LogP contribution in [0.15, 0.2) is 18.2 Å². The van der Waals surface area contributed by atoms with Crippen LogP contribution in [0.2, 0.25) is 0 Å². The summed E-state index contributed by atoms with van der Waals surface area (Å²) in [5.74, 6) is -0.107. The number of piperidine rings is 1. The maximum atomic E-state index is 13.1. The average Bonchev–Trinajstić information content (AvgIpc) is 2.92. The molecule has 2 N–H and O–H groups in total. The number of aryl methyl sites for hydroxylation is 1. The van der Waals surface area contributed by atoms with Gasteiger partial charge in [0.1, 0.15) is 17.4 Å². The number of primary amides is 1. The zero-order chi connectivity index (χ0) is 23.0. The van der Waals surface area contributed by atoms with Crippen molar-refractivity contribution >= 4 is 23.5 Å². The van der Waals surface area contributed by atoms with Crippen molar-refractivity contribution in [2.75, 3.05) is 19.6 Å². The second kappa shape index (κ2) is 8.56. The first-order chi connectivity index (χ1) is 15.2. The Bertz CT molecular complexity index is 953. The third-order valence-electron chi connectivity index (χ3n) is 7.20. The molecular formula is C24H31N3O5. The number of benzene rings is 1. The van der Waals surface area contributed by atoms with Crippen molar-refractivity contribution in [3.8, 4) is 5.75 Å². The summed E-state index contributed by atoms with van der Waals surface area (Å²) in [7, 11) is 0. The number of Topliss-reactive ketones (excluding diaryl/α,β-unsaturated/α-hetero) is 1. The molecule has 3 aliphatic heterocycles. The fourth-order valence-electron chi connectivity index (χ4n) is 5.13. The molecule has 3 amide bonds. The topological polar surface area (TPSA) is 110 Å². The van der Waals surface area contributed by atoms with Gasteiger partial charge in [0.25, 0.3) is 0 Å². The maximum absolute atomic E-state index is 13.1. The Hall–Kier alpha value is -2.90. The molecule has 0 unspecified atom stereocenters. The molecule has 0 bridgehead atoms. The number of hydrogen-bond acceptors (Lipinski definition) is 5. The van der Waals surface area contributed by atoms with Gasteiger partial charge in [-0.3, -0.25) is 19.2 Å². The molecule has 2 atom stereocenters. The third-order valence-corrected chi connectivity index (χ3v) is 7.20. The predicted molar refractivity (Wildman–Crippen MR) is 117 cm³/mol. The number of ketones is 1. The molecule has 1 spiro atoms. The summed E-state index contributed by atoms with van der Waals surface area (Å²) < 4.78 is 6.31. The number of carbonyl (C=O) groups is 4. The van der Waals surface area contributed by atoms with E-state index in [-0.39, 0.29) is 42.3 Å². The highest BCUT2D eigenvalue weighted by Crippen LogP contribution is 2.40. The fraction of sp³-hybridized carbons (Fsp3) is 0.583. The van der Waals surface area contributed by atoms with Gasteiger partial charge in [-0.1, -0.05) is 11.6 Å². The van der Waals surface area contributed by atoms with Gasteiger partial charge in [0.05, 0.1) is 12.0 Å². The minimum absolute atomic E-state index is 0.0392. The van der Waals surface area contributed by atoms with E-state index in [1.54, 1.807) is 16.7 Å². The first-order valence-electron chi connectivity index (χ1n) is 11.4. The SMILES string of the molecule is Cc1ccc2c(c1)C(=O)C[C@@]1(CCC(=O)N([C@@H](C)C(=O)N3CCC(C(N)=O)CC3)CC1)O2. The molecule has 3 aliphatic rings. The lowest BCUT2D eigenvalue weighted by atomic mass is 9.84. The molecule has 3 heterocycles. The number of likely N-dealkylation sites (tertiary alicyclic amines) is 2. The van der Waals surface area contributed by atoms with Crippen molar-refractivity contribution in [3.63, 3.8) is 0 Å². The number of nitrogens with two attached hydrogens (primary N) is 1. The van der Waals surface area contributed by atoms with Crippen LogP contribution in [-0.4, -0.2) is 64.6 Å². The molecule has 8 heteroatoms. The van der Waals surface area contributed by atoms with E-state index in [0.29, 0.717) is 56.6 Å². The van der Waals surface area contributed by atoms with E-state index in [9.17, 15) is 19.2 Å². The standard InChI is InChI=1S/C24H31N3O5/c1-15-3-4-20-18(13-15)19(28)14-24(32-20)8-5-21(29)27(12-9-24)16(2)23(31)26-10-6-17(7-11-26)22(25)30/h3-4,13,16-17H,5-12,14H2,1-2H3,(H2,25,30)/t16-,24-/m0/s1. The Morgan fingerprint density at radius 2 is 1.88 bits per heavy atom. The number of hydrogen-bond donors (Lipinski definition) is 1. The highest BCUT2D eigenvalue weighted by molar-refractivity contribution is 6.00. The molecule has 1 aromatic rings. The van der Waals surface area contributed by atoms with E-state index >= 15 is 0 Å². The zero-order valence-electron chi connectivity index (χ0n) is 18.8. The zero-order valence-corrected chi connectivity index (χ0v) is 18.8. The summed E-state index contributed by atoms with van der Waals surface area (Å²) in [5, 5.41) is 0. The Morgan fingerprint density at radius 3 is 2.56 bits per heavy atom. The highest BCUT2D eigenvalue weighted by atomic mass is 16.5. The van der Waals surface area contributed by atoms with Gasteiger partial charge in [-0.05, 0) is 45.2 Å². The van der Waals surface area contributed by atoms with E-state index < -0.39 is 11.6 Å². The molecule has 4 rings (SSSR count). The van der Waals surface area contributed by atoms with Gasteiger partial charge in [0, 0.05) is 38.4 Å². The van der Waals surface area contributed by atoms with Gasteiger partial charge in [-0.25, -0.2) is 0 Å². The van der Waals surface area contributed by atoms with Gasteiger partial charge in [0.15, 0.2) is 5.78 Å². The van der Waals surface area contributed by atoms with Gasteiger partial charge in [0.2, 0.25) is 17.7 Å². The van der Waals surface area contributed by atoms with E-state index in [4.69, 9.17) is 10.5 Å². The predicted octanol–water partition coefficient (Wildman–Crippen LogP) is 1.82. The molecule has 172 valence electrons. The molecule has 2 saturated heterocycles. The van der Waals surface area contributed by atoms with Crippen LogP contribution in [-0.2, 0) is 14.4 Å². The molecule has 8 nitrogen and oxygen atoms in total. The molecule has 0 aliphatic carbocycles. The van der Waals surface area contributed by atoms with Gasteiger partial charge < -0.3 is 20.3 Å². The lowest BCUT2D eigenvalue weighted by Gasteiger charge is -2.38. The summed E-state index contributed by atoms with van der Waals surface area (Å²) >= 11 is 0. The number of amides is 3. The molecule has 2 fully saturated rings. The Labute approximate surface area is 188 Å². The van der Waals surface area contributed by atoms with Crippen LogP contribution in [0, 0.1) is 12.8 Å². The van der Waals surface area contributed by atoms with E-state index in [1.165, 1.54) is 0 Å². The van der Waals surface area contributed by atoms with Crippen molar-refractivity contribution in [3.05, 3.63) is 29.3 Å². The van der Waals surface area contributed by atoms with Crippen LogP contribution in [0.5, 0.6) is 5.75 Å². The van der Waals surface area contributed by atoms with Crippen molar-refractivity contribution < 1.29 is 23.9 Å². The van der Waals surface area contributed by atoms with Crippen molar-refractivity contribution in [2.45, 2.75) is 64.0 Å². The van der Waals surface area contributed by atoms with Crippen molar-refractivity contribution in [2.24, 2.45) is 11.7 Å². The number of fused-ring (bicyclic) bond motifs is 1. The first-order valence-corrected chi connectivity index (χ1v) is 11.4. The van der Waals surface area contributed by atoms with Gasteiger partial charge in [-0.15, -0.1) is 0 Å². The summed E-state index contributed by atoms with van der Waals surface area (Å²) in [5.41, 5.74) is 6.28. The first kappa shape index (κ1) is 22.3. The molecule has 32 heavy (non-hydrogen) atoms. The highest BCUT2D eigenvalue weighted by Gasteiger charge is 2.44. The summed E-state index contributed by atoms with van der Waals surface area (Å²) in [6.45, 7) is 4.99. The Balaban J connectivity index is 1.44. The van der Waals surface area contributed by atoms with Crippen LogP contribution in [0.1, 0.15) is 61.4 Å². The molecule has 0 saturated carbocycles. The normalized spacial score (nSPS) is 25.2. The minimum atomic E-state index is -0.716. The summed E-state index contributed by atoms with van der Waals surface area (Å²) in [6, 6.07) is 5.00. The second-order valence-electron chi connectivity index (χ2n) is 9.40. The minimum Gasteiger partial charge on any atom is -0.486 e. The number of nitrogens with zero attached hydrogens (tertiary/aromatic N) is 2. The average molecular weight is 442 g/mol. The van der Waals surface area contributed by atoms with E-state index in [1.807, 2.05) is 25.1 Å². The largest absolute Gasteiger partial charge is 0.486 e. The summed E-state index contributed by atoms with van der Waals surface area (Å²) in [4.78, 5) is 53.6. The number of carbonyl (C=O) groups excluding carboxylic acids is 4. The monoisotopic (exact) mass is 441 g/mol. The van der Waals surface area contributed by atoms with E-state index in [0.717, 1.165) is 5.56 Å². The molecule has 0 radical (unpaired) electrons. The smallest absolute Gasteiger partial charge is 0.245 e. The van der Waals surface area contributed by atoms with Crippen molar-refractivity contribution in [1.29, 1.82) is 0 Å². The Morgan fingerprint density at radius 1 is 1.16 bits per heavy atom.